The van der Waals surface area contributed by atoms with E-state index in [2.05, 4.69) is 10.2 Å². The molecule has 20 heavy (non-hydrogen) atoms. The van der Waals surface area contributed by atoms with E-state index in [0.29, 0.717) is 16.9 Å². The molecule has 1 heterocycles. The highest BCUT2D eigenvalue weighted by Crippen LogP contribution is 2.25. The van der Waals surface area contributed by atoms with Gasteiger partial charge in [-0.15, -0.1) is 10.2 Å². The molecule has 1 aromatic heterocycles. The fourth-order valence-corrected chi connectivity index (χ4v) is 2.44. The van der Waals surface area contributed by atoms with E-state index in [1.54, 1.807) is 6.07 Å². The van der Waals surface area contributed by atoms with Crippen molar-refractivity contribution in [1.82, 2.24) is 10.2 Å². The van der Waals surface area contributed by atoms with Crippen molar-refractivity contribution < 1.29 is 8.81 Å². The number of hydrogen-bond acceptors (Lipinski definition) is 4. The minimum absolute atomic E-state index is 0.237. The smallest absolute Gasteiger partial charge is 0.277 e. The molecule has 5 heteroatoms. The van der Waals surface area contributed by atoms with E-state index >= 15 is 0 Å². The lowest BCUT2D eigenvalue weighted by atomic mass is 10.2. The van der Waals surface area contributed by atoms with Gasteiger partial charge in [0, 0.05) is 11.3 Å². The fourth-order valence-electron chi connectivity index (χ4n) is 1.74. The van der Waals surface area contributed by atoms with E-state index in [4.69, 9.17) is 4.42 Å². The van der Waals surface area contributed by atoms with E-state index in [-0.39, 0.29) is 5.82 Å². The van der Waals surface area contributed by atoms with Crippen molar-refractivity contribution in [3.63, 3.8) is 0 Å². The van der Waals surface area contributed by atoms with Crippen molar-refractivity contribution in [3.8, 4) is 11.5 Å². The third kappa shape index (κ3) is 3.05. The summed E-state index contributed by atoms with van der Waals surface area (Å²) in [6, 6.07) is 16.1. The lowest BCUT2D eigenvalue weighted by Gasteiger charge is -1.98. The molecule has 0 N–H and O–H groups in total. The quantitative estimate of drug-likeness (QED) is 0.675. The van der Waals surface area contributed by atoms with Crippen LogP contribution in [0.25, 0.3) is 11.5 Å². The highest BCUT2D eigenvalue weighted by atomic mass is 32.2. The van der Waals surface area contributed by atoms with Gasteiger partial charge in [-0.2, -0.15) is 0 Å². The molecule has 0 aliphatic heterocycles. The summed E-state index contributed by atoms with van der Waals surface area (Å²) in [6.07, 6.45) is 0. The molecule has 0 saturated heterocycles. The largest absolute Gasteiger partial charge is 0.411 e. The van der Waals surface area contributed by atoms with Gasteiger partial charge in [0.25, 0.3) is 5.22 Å². The Balaban J connectivity index is 1.69. The molecule has 0 spiro atoms. The van der Waals surface area contributed by atoms with Crippen molar-refractivity contribution in [2.75, 3.05) is 0 Å². The summed E-state index contributed by atoms with van der Waals surface area (Å²) in [5.74, 6) is 0.847. The fraction of sp³-hybridized carbons (Fsp3) is 0.0667. The van der Waals surface area contributed by atoms with Crippen molar-refractivity contribution >= 4 is 11.8 Å². The number of thioether (sulfide) groups is 1. The van der Waals surface area contributed by atoms with Gasteiger partial charge < -0.3 is 4.42 Å². The molecule has 0 radical (unpaired) electrons. The van der Waals surface area contributed by atoms with Crippen LogP contribution in [0.5, 0.6) is 0 Å². The standard InChI is InChI=1S/C15H11FN2OS/c16-13-8-4-5-11(9-13)10-20-15-18-17-14(19-15)12-6-2-1-3-7-12/h1-9H,10H2. The molecule has 0 bridgehead atoms. The Kier molecular flexibility index (Phi) is 3.78. The molecule has 3 rings (SSSR count). The third-order valence-corrected chi connectivity index (χ3v) is 3.57. The first-order valence-corrected chi connectivity index (χ1v) is 7.06. The predicted molar refractivity (Wildman–Crippen MR) is 75.7 cm³/mol. The number of hydrogen-bond donors (Lipinski definition) is 0. The monoisotopic (exact) mass is 286 g/mol. The summed E-state index contributed by atoms with van der Waals surface area (Å²) in [7, 11) is 0. The van der Waals surface area contributed by atoms with Crippen LogP contribution in [0.1, 0.15) is 5.56 Å². The Morgan fingerprint density at radius 1 is 1.00 bits per heavy atom. The second-order valence-electron chi connectivity index (χ2n) is 4.16. The number of halogens is 1. The van der Waals surface area contributed by atoms with Gasteiger partial charge in [-0.05, 0) is 29.8 Å². The Morgan fingerprint density at radius 3 is 2.65 bits per heavy atom. The Morgan fingerprint density at radius 2 is 1.85 bits per heavy atom. The maximum atomic E-state index is 13.1. The highest BCUT2D eigenvalue weighted by molar-refractivity contribution is 7.98. The molecule has 0 atom stereocenters. The molecular formula is C15H11FN2OS. The van der Waals surface area contributed by atoms with Crippen molar-refractivity contribution in [2.45, 2.75) is 11.0 Å². The minimum Gasteiger partial charge on any atom is -0.411 e. The molecule has 0 saturated carbocycles. The van der Waals surface area contributed by atoms with Crippen molar-refractivity contribution in [3.05, 3.63) is 66.0 Å². The topological polar surface area (TPSA) is 38.9 Å². The normalized spacial score (nSPS) is 10.7. The first kappa shape index (κ1) is 12.9. The van der Waals surface area contributed by atoms with Gasteiger partial charge in [-0.1, -0.05) is 42.1 Å². The Labute approximate surface area is 119 Å². The van der Waals surface area contributed by atoms with Crippen molar-refractivity contribution in [1.29, 1.82) is 0 Å². The maximum Gasteiger partial charge on any atom is 0.277 e. The number of rotatable bonds is 4. The van der Waals surface area contributed by atoms with Crippen LogP contribution in [0.2, 0.25) is 0 Å². The zero-order chi connectivity index (χ0) is 13.8. The third-order valence-electron chi connectivity index (χ3n) is 2.68. The van der Waals surface area contributed by atoms with E-state index < -0.39 is 0 Å². The van der Waals surface area contributed by atoms with Gasteiger partial charge in [0.15, 0.2) is 0 Å². The summed E-state index contributed by atoms with van der Waals surface area (Å²) in [5, 5.41) is 8.47. The zero-order valence-electron chi connectivity index (χ0n) is 10.5. The highest BCUT2D eigenvalue weighted by Gasteiger charge is 2.08. The zero-order valence-corrected chi connectivity index (χ0v) is 11.3. The van der Waals surface area contributed by atoms with Crippen LogP contribution in [0.3, 0.4) is 0 Å². The predicted octanol–water partition coefficient (Wildman–Crippen LogP) is 4.17. The summed E-state index contributed by atoms with van der Waals surface area (Å²) >= 11 is 1.39. The lowest BCUT2D eigenvalue weighted by Crippen LogP contribution is -1.82. The van der Waals surface area contributed by atoms with E-state index in [1.165, 1.54) is 23.9 Å². The lowest BCUT2D eigenvalue weighted by molar-refractivity contribution is 0.466. The van der Waals surface area contributed by atoms with Crippen molar-refractivity contribution in [2.24, 2.45) is 0 Å². The molecule has 0 amide bonds. The van der Waals surface area contributed by atoms with Gasteiger partial charge in [0.1, 0.15) is 5.82 Å². The summed E-state index contributed by atoms with van der Waals surface area (Å²) in [6.45, 7) is 0. The van der Waals surface area contributed by atoms with Crippen LogP contribution in [-0.4, -0.2) is 10.2 Å². The van der Waals surface area contributed by atoms with E-state index in [0.717, 1.165) is 11.1 Å². The number of aromatic nitrogens is 2. The summed E-state index contributed by atoms with van der Waals surface area (Å²) < 4.78 is 18.6. The van der Waals surface area contributed by atoms with Crippen LogP contribution < -0.4 is 0 Å². The molecule has 0 fully saturated rings. The molecular weight excluding hydrogens is 275 g/mol. The maximum absolute atomic E-state index is 13.1. The van der Waals surface area contributed by atoms with Gasteiger partial charge >= 0.3 is 0 Å². The van der Waals surface area contributed by atoms with Gasteiger partial charge in [-0.3, -0.25) is 0 Å². The second kappa shape index (κ2) is 5.88. The first-order chi connectivity index (χ1) is 9.81. The van der Waals surface area contributed by atoms with Gasteiger partial charge in [0.05, 0.1) is 0 Å². The van der Waals surface area contributed by atoms with Gasteiger partial charge in [-0.25, -0.2) is 4.39 Å². The Hall–Kier alpha value is -2.14. The molecule has 3 aromatic rings. The SMILES string of the molecule is Fc1cccc(CSc2nnc(-c3ccccc3)o2)c1. The van der Waals surface area contributed by atoms with Crippen LogP contribution in [0.4, 0.5) is 4.39 Å². The summed E-state index contributed by atoms with van der Waals surface area (Å²) in [5.41, 5.74) is 1.77. The first-order valence-electron chi connectivity index (χ1n) is 6.07. The van der Waals surface area contributed by atoms with Gasteiger partial charge in [0.2, 0.25) is 5.89 Å². The minimum atomic E-state index is -0.237. The second-order valence-corrected chi connectivity index (χ2v) is 5.08. The Bertz CT molecular complexity index is 700. The van der Waals surface area contributed by atoms with E-state index in [1.807, 2.05) is 36.4 Å². The molecule has 0 aliphatic carbocycles. The van der Waals surface area contributed by atoms with Crippen LogP contribution >= 0.6 is 11.8 Å². The van der Waals surface area contributed by atoms with Crippen LogP contribution in [0, 0.1) is 5.82 Å². The summed E-state index contributed by atoms with van der Waals surface area (Å²) in [4.78, 5) is 0. The number of benzene rings is 2. The average Bonchev–Trinajstić information content (AvgIpc) is 2.95. The average molecular weight is 286 g/mol. The molecule has 2 aromatic carbocycles. The van der Waals surface area contributed by atoms with Crippen LogP contribution in [0.15, 0.2) is 64.2 Å². The van der Waals surface area contributed by atoms with Crippen LogP contribution in [-0.2, 0) is 5.75 Å². The molecule has 0 unspecified atom stereocenters. The molecule has 0 aliphatic rings. The van der Waals surface area contributed by atoms with E-state index in [9.17, 15) is 4.39 Å². The molecule has 3 nitrogen and oxygen atoms in total. The molecule has 100 valence electrons. The number of nitrogens with zero attached hydrogens (tertiary/aromatic N) is 2.